The molecule has 3 aliphatic rings. The van der Waals surface area contributed by atoms with Gasteiger partial charge >= 0.3 is 0 Å². The Morgan fingerprint density at radius 2 is 2.24 bits per heavy atom. The first-order chi connectivity index (χ1) is 8.35. The van der Waals surface area contributed by atoms with Gasteiger partial charge in [-0.3, -0.25) is 4.99 Å². The number of nitrogens with zero attached hydrogens (tertiary/aromatic N) is 1. The van der Waals surface area contributed by atoms with E-state index in [2.05, 4.69) is 12.2 Å². The topological polar surface area (TPSA) is 24.4 Å². The van der Waals surface area contributed by atoms with Gasteiger partial charge in [-0.2, -0.15) is 0 Å². The quantitative estimate of drug-likeness (QED) is 0.833. The normalized spacial score (nSPS) is 43.0. The Kier molecular flexibility index (Phi) is 3.64. The molecule has 0 amide bonds. The van der Waals surface area contributed by atoms with Crippen molar-refractivity contribution < 1.29 is 0 Å². The van der Waals surface area contributed by atoms with Gasteiger partial charge in [0.25, 0.3) is 0 Å². The summed E-state index contributed by atoms with van der Waals surface area (Å²) in [4.78, 5) is 4.85. The Hall–Kier alpha value is -0.180. The SMILES string of the molecule is CCC1CCSC(=NCC2CC3CCC2C3)N1. The van der Waals surface area contributed by atoms with Gasteiger partial charge in [-0.15, -0.1) is 0 Å². The Morgan fingerprint density at radius 1 is 1.29 bits per heavy atom. The van der Waals surface area contributed by atoms with E-state index in [0.717, 1.165) is 24.3 Å². The Morgan fingerprint density at radius 3 is 2.94 bits per heavy atom. The molecule has 0 spiro atoms. The second kappa shape index (κ2) is 5.21. The number of nitrogens with one attached hydrogen (secondary N) is 1. The number of thioether (sulfide) groups is 1. The number of aliphatic imine (C=N–C) groups is 1. The number of hydrogen-bond acceptors (Lipinski definition) is 2. The fraction of sp³-hybridized carbons (Fsp3) is 0.929. The zero-order valence-corrected chi connectivity index (χ0v) is 11.6. The second-order valence-electron chi connectivity index (χ2n) is 5.97. The fourth-order valence-electron chi connectivity index (χ4n) is 3.78. The molecular weight excluding hydrogens is 228 g/mol. The highest BCUT2D eigenvalue weighted by atomic mass is 32.2. The number of amidine groups is 1. The molecule has 0 aromatic heterocycles. The van der Waals surface area contributed by atoms with Crippen molar-refractivity contribution in [1.29, 1.82) is 0 Å². The maximum absolute atomic E-state index is 4.85. The summed E-state index contributed by atoms with van der Waals surface area (Å²) in [7, 11) is 0. The molecule has 1 N–H and O–H groups in total. The van der Waals surface area contributed by atoms with E-state index >= 15 is 0 Å². The number of hydrogen-bond donors (Lipinski definition) is 1. The maximum atomic E-state index is 4.85. The molecule has 96 valence electrons. The average Bonchev–Trinajstić information content (AvgIpc) is 2.99. The molecule has 0 aromatic rings. The van der Waals surface area contributed by atoms with Crippen molar-refractivity contribution in [3.8, 4) is 0 Å². The van der Waals surface area contributed by atoms with Crippen LogP contribution in [0.2, 0.25) is 0 Å². The number of rotatable bonds is 3. The summed E-state index contributed by atoms with van der Waals surface area (Å²) < 4.78 is 0. The molecule has 0 radical (unpaired) electrons. The van der Waals surface area contributed by atoms with Crippen LogP contribution in [-0.2, 0) is 0 Å². The molecule has 3 fully saturated rings. The van der Waals surface area contributed by atoms with Crippen molar-refractivity contribution in [3.63, 3.8) is 0 Å². The lowest BCUT2D eigenvalue weighted by Crippen LogP contribution is -2.37. The van der Waals surface area contributed by atoms with Crippen molar-refractivity contribution in [2.24, 2.45) is 22.7 Å². The van der Waals surface area contributed by atoms with Crippen molar-refractivity contribution in [3.05, 3.63) is 0 Å². The average molecular weight is 252 g/mol. The second-order valence-corrected chi connectivity index (χ2v) is 7.05. The lowest BCUT2D eigenvalue weighted by Gasteiger charge is -2.25. The van der Waals surface area contributed by atoms with Gasteiger partial charge in [-0.25, -0.2) is 0 Å². The monoisotopic (exact) mass is 252 g/mol. The van der Waals surface area contributed by atoms with E-state index in [1.165, 1.54) is 49.4 Å². The predicted octanol–water partition coefficient (Wildman–Crippen LogP) is 3.28. The molecule has 2 aliphatic carbocycles. The Balaban J connectivity index is 1.52. The van der Waals surface area contributed by atoms with E-state index in [-0.39, 0.29) is 0 Å². The zero-order chi connectivity index (χ0) is 11.7. The molecule has 0 aromatic carbocycles. The van der Waals surface area contributed by atoms with Gasteiger partial charge in [0.05, 0.1) is 0 Å². The molecule has 2 bridgehead atoms. The summed E-state index contributed by atoms with van der Waals surface area (Å²) in [6.45, 7) is 3.36. The Labute approximate surface area is 109 Å². The third-order valence-corrected chi connectivity index (χ3v) is 5.84. The molecule has 17 heavy (non-hydrogen) atoms. The molecule has 2 nitrogen and oxygen atoms in total. The first kappa shape index (κ1) is 11.9. The van der Waals surface area contributed by atoms with Crippen LogP contribution in [0.1, 0.15) is 45.4 Å². The minimum Gasteiger partial charge on any atom is -0.362 e. The summed E-state index contributed by atoms with van der Waals surface area (Å²) >= 11 is 1.92. The van der Waals surface area contributed by atoms with E-state index in [1.54, 1.807) is 0 Å². The molecule has 4 atom stereocenters. The molecule has 1 aliphatic heterocycles. The van der Waals surface area contributed by atoms with E-state index in [9.17, 15) is 0 Å². The molecule has 1 heterocycles. The highest BCUT2D eigenvalue weighted by Gasteiger charge is 2.39. The van der Waals surface area contributed by atoms with Crippen LogP contribution >= 0.6 is 11.8 Å². The van der Waals surface area contributed by atoms with Gasteiger partial charge < -0.3 is 5.32 Å². The maximum Gasteiger partial charge on any atom is 0.156 e. The van der Waals surface area contributed by atoms with E-state index < -0.39 is 0 Å². The first-order valence-corrected chi connectivity index (χ1v) is 8.27. The largest absolute Gasteiger partial charge is 0.362 e. The van der Waals surface area contributed by atoms with Crippen LogP contribution in [0.3, 0.4) is 0 Å². The van der Waals surface area contributed by atoms with Gasteiger partial charge in [0.2, 0.25) is 0 Å². The highest BCUT2D eigenvalue weighted by Crippen LogP contribution is 2.48. The molecule has 1 saturated heterocycles. The van der Waals surface area contributed by atoms with Crippen LogP contribution in [0.15, 0.2) is 4.99 Å². The molecule has 3 rings (SSSR count). The summed E-state index contributed by atoms with van der Waals surface area (Å²) in [6.07, 6.45) is 8.49. The van der Waals surface area contributed by atoms with Crippen LogP contribution in [0.4, 0.5) is 0 Å². The number of fused-ring (bicyclic) bond motifs is 2. The van der Waals surface area contributed by atoms with E-state index in [0.29, 0.717) is 6.04 Å². The highest BCUT2D eigenvalue weighted by molar-refractivity contribution is 8.13. The van der Waals surface area contributed by atoms with E-state index in [4.69, 9.17) is 4.99 Å². The third kappa shape index (κ3) is 2.64. The minimum absolute atomic E-state index is 0.676. The third-order valence-electron chi connectivity index (χ3n) is 4.88. The van der Waals surface area contributed by atoms with Crippen LogP contribution in [-0.4, -0.2) is 23.5 Å². The van der Waals surface area contributed by atoms with Crippen molar-refractivity contribution in [1.82, 2.24) is 5.32 Å². The van der Waals surface area contributed by atoms with Gasteiger partial charge in [-0.1, -0.05) is 25.1 Å². The molecule has 4 unspecified atom stereocenters. The standard InChI is InChI=1S/C14H24N2S/c1-2-13-5-6-17-14(16-13)15-9-12-8-10-3-4-11(12)7-10/h10-13H,2-9H2,1H3,(H,15,16). The van der Waals surface area contributed by atoms with Gasteiger partial charge in [0.15, 0.2) is 5.17 Å². The molecule has 3 heteroatoms. The van der Waals surface area contributed by atoms with Crippen LogP contribution in [0.25, 0.3) is 0 Å². The van der Waals surface area contributed by atoms with Gasteiger partial charge in [-0.05, 0) is 49.9 Å². The lowest BCUT2D eigenvalue weighted by atomic mass is 9.89. The van der Waals surface area contributed by atoms with Crippen molar-refractivity contribution in [2.45, 2.75) is 51.5 Å². The smallest absolute Gasteiger partial charge is 0.156 e. The first-order valence-electron chi connectivity index (χ1n) is 7.29. The molecular formula is C14H24N2S. The summed E-state index contributed by atoms with van der Waals surface area (Å²) in [5, 5.41) is 4.81. The van der Waals surface area contributed by atoms with E-state index in [1.807, 2.05) is 11.8 Å². The van der Waals surface area contributed by atoms with Crippen LogP contribution < -0.4 is 5.32 Å². The van der Waals surface area contributed by atoms with Crippen LogP contribution in [0.5, 0.6) is 0 Å². The summed E-state index contributed by atoms with van der Waals surface area (Å²) in [5.41, 5.74) is 0. The minimum atomic E-state index is 0.676. The molecule has 2 saturated carbocycles. The van der Waals surface area contributed by atoms with Gasteiger partial charge in [0, 0.05) is 18.3 Å². The zero-order valence-electron chi connectivity index (χ0n) is 10.8. The van der Waals surface area contributed by atoms with Crippen molar-refractivity contribution >= 4 is 16.9 Å². The summed E-state index contributed by atoms with van der Waals surface area (Å²) in [5.74, 6) is 4.23. The van der Waals surface area contributed by atoms with Crippen molar-refractivity contribution in [2.75, 3.05) is 12.3 Å². The Bertz CT molecular complexity index is 303. The predicted molar refractivity (Wildman–Crippen MR) is 75.5 cm³/mol. The summed E-state index contributed by atoms with van der Waals surface area (Å²) in [6, 6.07) is 0.676. The fourth-order valence-corrected chi connectivity index (χ4v) is 4.80. The lowest BCUT2D eigenvalue weighted by molar-refractivity contribution is 0.342. The van der Waals surface area contributed by atoms with Gasteiger partial charge in [0.1, 0.15) is 0 Å². The van der Waals surface area contributed by atoms with Crippen LogP contribution in [0, 0.1) is 17.8 Å².